The van der Waals surface area contributed by atoms with Crippen LogP contribution >= 0.6 is 23.2 Å². The Labute approximate surface area is 178 Å². The van der Waals surface area contributed by atoms with Gasteiger partial charge in [-0.05, 0) is 24.6 Å². The summed E-state index contributed by atoms with van der Waals surface area (Å²) in [5.74, 6) is -2.16. The number of halogens is 2. The second-order valence-corrected chi connectivity index (χ2v) is 9.37. The van der Waals surface area contributed by atoms with Crippen LogP contribution in [0.3, 0.4) is 0 Å². The van der Waals surface area contributed by atoms with E-state index >= 15 is 0 Å². The minimum absolute atomic E-state index is 0.104. The van der Waals surface area contributed by atoms with Gasteiger partial charge in [0.15, 0.2) is 0 Å². The number of piperazine rings is 1. The molecule has 2 amide bonds. The number of carboxylic acid groups (broad SMARTS) is 1. The summed E-state index contributed by atoms with van der Waals surface area (Å²) in [7, 11) is -3.35. The van der Waals surface area contributed by atoms with Crippen LogP contribution in [0, 0.1) is 0 Å². The Hall–Kier alpha value is -1.88. The van der Waals surface area contributed by atoms with Crippen LogP contribution in [0.1, 0.15) is 23.2 Å². The van der Waals surface area contributed by atoms with E-state index in [0.717, 1.165) is 6.26 Å². The van der Waals surface area contributed by atoms with E-state index in [-0.39, 0.29) is 54.6 Å². The summed E-state index contributed by atoms with van der Waals surface area (Å²) < 4.78 is 24.5. The van der Waals surface area contributed by atoms with Crippen LogP contribution in [0.15, 0.2) is 18.2 Å². The molecule has 1 fully saturated rings. The van der Waals surface area contributed by atoms with Gasteiger partial charge in [0.05, 0.1) is 16.3 Å². The van der Waals surface area contributed by atoms with Crippen molar-refractivity contribution in [3.63, 3.8) is 0 Å². The van der Waals surface area contributed by atoms with E-state index in [1.54, 1.807) is 0 Å². The number of carboxylic acids is 1. The Morgan fingerprint density at radius 2 is 1.76 bits per heavy atom. The monoisotopic (exact) mass is 465 g/mol. The highest BCUT2D eigenvalue weighted by Crippen LogP contribution is 2.22. The van der Waals surface area contributed by atoms with Gasteiger partial charge in [-0.1, -0.05) is 23.2 Å². The average Bonchev–Trinajstić information content (AvgIpc) is 2.65. The molecule has 1 aromatic carbocycles. The molecular formula is C17H21Cl2N3O6S. The summed E-state index contributed by atoms with van der Waals surface area (Å²) in [5.41, 5.74) is 0.175. The fraction of sp³-hybridized carbons (Fsp3) is 0.471. The number of nitrogens with zero attached hydrogens (tertiary/aromatic N) is 2. The molecule has 0 aliphatic carbocycles. The van der Waals surface area contributed by atoms with E-state index in [2.05, 4.69) is 5.32 Å². The lowest BCUT2D eigenvalue weighted by Gasteiger charge is -2.35. The lowest BCUT2D eigenvalue weighted by atomic mass is 10.1. The second kappa shape index (κ2) is 9.75. The van der Waals surface area contributed by atoms with Gasteiger partial charge in [-0.2, -0.15) is 4.31 Å². The van der Waals surface area contributed by atoms with Gasteiger partial charge in [0.2, 0.25) is 15.9 Å². The number of nitrogens with one attached hydrogen (secondary N) is 1. The summed E-state index contributed by atoms with van der Waals surface area (Å²) in [4.78, 5) is 37.7. The Kier molecular flexibility index (Phi) is 7.87. The number of carbonyl (C=O) groups excluding carboxylic acids is 2. The number of hydrogen-bond acceptors (Lipinski definition) is 5. The molecule has 0 radical (unpaired) electrons. The molecule has 0 unspecified atom stereocenters. The van der Waals surface area contributed by atoms with E-state index in [1.165, 1.54) is 27.4 Å². The SMILES string of the molecule is CS(=O)(=O)N1CCN(C(=O)[C@H](CCC(=O)O)NC(=O)c2ccc(Cl)c(Cl)c2)CC1. The summed E-state index contributed by atoms with van der Waals surface area (Å²) in [6.07, 6.45) is 0.673. The molecule has 12 heteroatoms. The maximum atomic E-state index is 12.9. The number of rotatable bonds is 7. The minimum atomic E-state index is -3.35. The molecule has 0 saturated carbocycles. The summed E-state index contributed by atoms with van der Waals surface area (Å²) in [6, 6.07) is 3.16. The first-order valence-corrected chi connectivity index (χ1v) is 11.3. The molecular weight excluding hydrogens is 445 g/mol. The fourth-order valence-electron chi connectivity index (χ4n) is 2.86. The standard InChI is InChI=1S/C17H21Cl2N3O6S/c1-29(27,28)22-8-6-21(7-9-22)17(26)14(4-5-15(23)24)20-16(25)11-2-3-12(18)13(19)10-11/h2-3,10,14H,4-9H2,1H3,(H,20,25)(H,23,24)/t14-/m0/s1. The highest BCUT2D eigenvalue weighted by atomic mass is 35.5. The van der Waals surface area contributed by atoms with Crippen molar-refractivity contribution in [2.24, 2.45) is 0 Å². The Morgan fingerprint density at radius 3 is 2.28 bits per heavy atom. The smallest absolute Gasteiger partial charge is 0.303 e. The zero-order valence-electron chi connectivity index (χ0n) is 15.6. The fourth-order valence-corrected chi connectivity index (χ4v) is 3.99. The molecule has 0 aromatic heterocycles. The molecule has 0 bridgehead atoms. The van der Waals surface area contributed by atoms with Gasteiger partial charge >= 0.3 is 5.97 Å². The maximum Gasteiger partial charge on any atom is 0.303 e. The van der Waals surface area contributed by atoms with Crippen LogP contribution < -0.4 is 5.32 Å². The molecule has 160 valence electrons. The van der Waals surface area contributed by atoms with Gasteiger partial charge in [0, 0.05) is 38.2 Å². The average molecular weight is 466 g/mol. The van der Waals surface area contributed by atoms with Crippen molar-refractivity contribution in [2.75, 3.05) is 32.4 Å². The third-order valence-corrected chi connectivity index (χ3v) is 6.49. The number of aliphatic carboxylic acids is 1. The maximum absolute atomic E-state index is 12.9. The highest BCUT2D eigenvalue weighted by Gasteiger charge is 2.31. The van der Waals surface area contributed by atoms with Crippen LogP contribution in [0.2, 0.25) is 10.0 Å². The van der Waals surface area contributed by atoms with E-state index in [9.17, 15) is 22.8 Å². The number of benzene rings is 1. The molecule has 9 nitrogen and oxygen atoms in total. The molecule has 1 saturated heterocycles. The van der Waals surface area contributed by atoms with Gasteiger partial charge in [-0.3, -0.25) is 14.4 Å². The molecule has 2 rings (SSSR count). The zero-order valence-corrected chi connectivity index (χ0v) is 17.9. The van der Waals surface area contributed by atoms with Crippen molar-refractivity contribution in [2.45, 2.75) is 18.9 Å². The van der Waals surface area contributed by atoms with Crippen molar-refractivity contribution in [1.29, 1.82) is 0 Å². The Balaban J connectivity index is 2.10. The van der Waals surface area contributed by atoms with Crippen LogP contribution in [-0.4, -0.2) is 79.0 Å². The number of amides is 2. The molecule has 0 spiro atoms. The van der Waals surface area contributed by atoms with Gasteiger partial charge in [-0.15, -0.1) is 0 Å². The number of hydrogen-bond donors (Lipinski definition) is 2. The minimum Gasteiger partial charge on any atom is -0.481 e. The van der Waals surface area contributed by atoms with Gasteiger partial charge < -0.3 is 15.3 Å². The van der Waals surface area contributed by atoms with Crippen molar-refractivity contribution in [3.8, 4) is 0 Å². The predicted octanol–water partition coefficient (Wildman–Crippen LogP) is 1.06. The van der Waals surface area contributed by atoms with Crippen LogP contribution in [0.5, 0.6) is 0 Å². The molecule has 1 aliphatic heterocycles. The highest BCUT2D eigenvalue weighted by molar-refractivity contribution is 7.88. The van der Waals surface area contributed by atoms with Crippen molar-refractivity contribution >= 4 is 51.0 Å². The van der Waals surface area contributed by atoms with Gasteiger partial charge in [0.25, 0.3) is 5.91 Å². The third kappa shape index (κ3) is 6.56. The third-order valence-electron chi connectivity index (χ3n) is 4.45. The van der Waals surface area contributed by atoms with Crippen molar-refractivity contribution < 1.29 is 27.9 Å². The van der Waals surface area contributed by atoms with Crippen LogP contribution in [0.4, 0.5) is 0 Å². The van der Waals surface area contributed by atoms with E-state index in [4.69, 9.17) is 28.3 Å². The summed E-state index contributed by atoms with van der Waals surface area (Å²) in [6.45, 7) is 0.574. The van der Waals surface area contributed by atoms with Crippen molar-refractivity contribution in [1.82, 2.24) is 14.5 Å². The van der Waals surface area contributed by atoms with E-state index in [0.29, 0.717) is 0 Å². The van der Waals surface area contributed by atoms with Crippen molar-refractivity contribution in [3.05, 3.63) is 33.8 Å². The zero-order chi connectivity index (χ0) is 21.8. The molecule has 2 N–H and O–H groups in total. The van der Waals surface area contributed by atoms with Gasteiger partial charge in [0.1, 0.15) is 6.04 Å². The summed E-state index contributed by atoms with van der Waals surface area (Å²) >= 11 is 11.7. The predicted molar refractivity (Wildman–Crippen MR) is 108 cm³/mol. The lowest BCUT2D eigenvalue weighted by Crippen LogP contribution is -2.55. The van der Waals surface area contributed by atoms with Crippen LogP contribution in [-0.2, 0) is 19.6 Å². The lowest BCUT2D eigenvalue weighted by molar-refractivity contribution is -0.138. The first-order valence-electron chi connectivity index (χ1n) is 8.70. The van der Waals surface area contributed by atoms with E-state index < -0.39 is 33.8 Å². The second-order valence-electron chi connectivity index (χ2n) is 6.57. The Morgan fingerprint density at radius 1 is 1.14 bits per heavy atom. The van der Waals surface area contributed by atoms with Crippen LogP contribution in [0.25, 0.3) is 0 Å². The molecule has 1 aromatic rings. The number of carbonyl (C=O) groups is 3. The number of sulfonamides is 1. The van der Waals surface area contributed by atoms with E-state index in [1.807, 2.05) is 0 Å². The molecule has 29 heavy (non-hydrogen) atoms. The molecule has 1 atom stereocenters. The molecule has 1 heterocycles. The Bertz CT molecular complexity index is 900. The largest absolute Gasteiger partial charge is 0.481 e. The first-order chi connectivity index (χ1) is 13.5. The quantitative estimate of drug-likeness (QED) is 0.620. The normalized spacial score (nSPS) is 16.3. The summed E-state index contributed by atoms with van der Waals surface area (Å²) in [5, 5.41) is 11.9. The first kappa shape index (κ1) is 23.4. The molecule has 1 aliphatic rings. The van der Waals surface area contributed by atoms with Gasteiger partial charge in [-0.25, -0.2) is 8.42 Å². The topological polar surface area (TPSA) is 124 Å².